The number of nitrogens with zero attached hydrogens (tertiary/aromatic N) is 2. The molecule has 0 fully saturated rings. The third-order valence-corrected chi connectivity index (χ3v) is 5.38. The van der Waals surface area contributed by atoms with Gasteiger partial charge in [0.1, 0.15) is 0 Å². The second kappa shape index (κ2) is 8.80. The summed E-state index contributed by atoms with van der Waals surface area (Å²) in [6, 6.07) is 9.24. The molecule has 1 N–H and O–H groups in total. The van der Waals surface area contributed by atoms with Crippen molar-refractivity contribution in [3.8, 4) is 0 Å². The van der Waals surface area contributed by atoms with Gasteiger partial charge in [0.15, 0.2) is 0 Å². The van der Waals surface area contributed by atoms with E-state index in [1.807, 2.05) is 38.1 Å². The third kappa shape index (κ3) is 5.84. The Hall–Kier alpha value is -2.41. The van der Waals surface area contributed by atoms with Gasteiger partial charge in [-0.2, -0.15) is 0 Å². The van der Waals surface area contributed by atoms with Crippen LogP contribution in [-0.2, 0) is 21.4 Å². The maximum Gasteiger partial charge on any atom is 0.232 e. The minimum Gasteiger partial charge on any atom is -0.352 e. The maximum absolute atomic E-state index is 12.1. The average Bonchev–Trinajstić information content (AvgIpc) is 2.59. The number of pyridine rings is 1. The van der Waals surface area contributed by atoms with E-state index in [0.717, 1.165) is 16.7 Å². The molecule has 1 heterocycles. The summed E-state index contributed by atoms with van der Waals surface area (Å²) in [5.74, 6) is -0.102. The summed E-state index contributed by atoms with van der Waals surface area (Å²) in [6.45, 7) is 4.64. The van der Waals surface area contributed by atoms with Gasteiger partial charge in [0.05, 0.1) is 11.9 Å². The molecule has 2 aromatic rings. The summed E-state index contributed by atoms with van der Waals surface area (Å²) in [7, 11) is -3.41. The number of sulfonamides is 1. The number of anilines is 1. The lowest BCUT2D eigenvalue weighted by atomic mass is 10.1. The van der Waals surface area contributed by atoms with Gasteiger partial charge in [-0.1, -0.05) is 6.07 Å². The maximum atomic E-state index is 12.1. The zero-order chi connectivity index (χ0) is 19.2. The molecule has 140 valence electrons. The summed E-state index contributed by atoms with van der Waals surface area (Å²) in [6.07, 6.45) is 5.25. The van der Waals surface area contributed by atoms with E-state index in [9.17, 15) is 13.2 Å². The third-order valence-electron chi connectivity index (χ3n) is 4.18. The second-order valence-corrected chi connectivity index (χ2v) is 8.25. The minimum absolute atomic E-state index is 0.102. The van der Waals surface area contributed by atoms with Gasteiger partial charge in [0.25, 0.3) is 0 Å². The molecule has 0 saturated heterocycles. The van der Waals surface area contributed by atoms with E-state index >= 15 is 0 Å². The van der Waals surface area contributed by atoms with Crippen LogP contribution < -0.4 is 9.62 Å². The van der Waals surface area contributed by atoms with Crippen LogP contribution in [0.15, 0.2) is 42.7 Å². The molecule has 2 rings (SSSR count). The summed E-state index contributed by atoms with van der Waals surface area (Å²) in [5.41, 5.74) is 3.75. The van der Waals surface area contributed by atoms with E-state index in [1.54, 1.807) is 18.5 Å². The van der Waals surface area contributed by atoms with Gasteiger partial charge >= 0.3 is 0 Å². The first-order chi connectivity index (χ1) is 12.3. The number of amides is 1. The Kier molecular flexibility index (Phi) is 6.74. The molecule has 26 heavy (non-hydrogen) atoms. The smallest absolute Gasteiger partial charge is 0.232 e. The van der Waals surface area contributed by atoms with Crippen molar-refractivity contribution < 1.29 is 13.2 Å². The Balaban J connectivity index is 1.91. The Labute approximate surface area is 155 Å². The van der Waals surface area contributed by atoms with Crippen LogP contribution in [0.4, 0.5) is 5.69 Å². The molecule has 0 aliphatic carbocycles. The average molecular weight is 375 g/mol. The number of hydrogen-bond acceptors (Lipinski definition) is 4. The van der Waals surface area contributed by atoms with Crippen LogP contribution in [-0.4, -0.2) is 32.1 Å². The molecule has 0 unspecified atom stereocenters. The molecule has 1 aromatic carbocycles. The molecule has 0 saturated carbocycles. The highest BCUT2D eigenvalue weighted by Crippen LogP contribution is 2.21. The summed E-state index contributed by atoms with van der Waals surface area (Å²) >= 11 is 0. The lowest BCUT2D eigenvalue weighted by Crippen LogP contribution is -2.32. The number of aromatic nitrogens is 1. The van der Waals surface area contributed by atoms with Crippen molar-refractivity contribution in [1.29, 1.82) is 0 Å². The zero-order valence-electron chi connectivity index (χ0n) is 15.4. The number of hydrogen-bond donors (Lipinski definition) is 1. The van der Waals surface area contributed by atoms with Crippen molar-refractivity contribution in [1.82, 2.24) is 10.3 Å². The first-order valence-electron chi connectivity index (χ1n) is 8.48. The number of carbonyl (C=O) groups is 1. The van der Waals surface area contributed by atoms with E-state index in [-0.39, 0.29) is 18.9 Å². The van der Waals surface area contributed by atoms with E-state index in [4.69, 9.17) is 0 Å². The first-order valence-corrected chi connectivity index (χ1v) is 10.3. The van der Waals surface area contributed by atoms with Gasteiger partial charge in [-0.05, 0) is 61.2 Å². The summed E-state index contributed by atoms with van der Waals surface area (Å²) < 4.78 is 25.6. The fourth-order valence-corrected chi connectivity index (χ4v) is 3.50. The van der Waals surface area contributed by atoms with Crippen molar-refractivity contribution in [2.45, 2.75) is 33.2 Å². The lowest BCUT2D eigenvalue weighted by molar-refractivity contribution is -0.121. The second-order valence-electron chi connectivity index (χ2n) is 6.34. The van der Waals surface area contributed by atoms with Crippen LogP contribution in [0.3, 0.4) is 0 Å². The molecule has 0 atom stereocenters. The van der Waals surface area contributed by atoms with Crippen LogP contribution in [0.25, 0.3) is 0 Å². The van der Waals surface area contributed by atoms with Gasteiger partial charge in [0, 0.05) is 31.9 Å². The van der Waals surface area contributed by atoms with Crippen molar-refractivity contribution in [2.24, 2.45) is 0 Å². The monoisotopic (exact) mass is 375 g/mol. The van der Waals surface area contributed by atoms with Crippen molar-refractivity contribution in [3.63, 3.8) is 0 Å². The standard InChI is InChI=1S/C19H25N3O3S/c1-15-6-7-18(13-16(15)2)22(26(3,24)25)12-4-5-19(23)21-14-17-8-10-20-11-9-17/h6-11,13H,4-5,12,14H2,1-3H3,(H,21,23). The van der Waals surface area contributed by atoms with Gasteiger partial charge in [-0.25, -0.2) is 8.42 Å². The number of carbonyl (C=O) groups excluding carboxylic acids is 1. The molecule has 0 bridgehead atoms. The van der Waals surface area contributed by atoms with Gasteiger partial charge in [0.2, 0.25) is 15.9 Å². The van der Waals surface area contributed by atoms with Crippen LogP contribution in [0.2, 0.25) is 0 Å². The van der Waals surface area contributed by atoms with Crippen LogP contribution in [0, 0.1) is 13.8 Å². The van der Waals surface area contributed by atoms with Crippen LogP contribution in [0.1, 0.15) is 29.5 Å². The number of aryl methyl sites for hydroxylation is 2. The fourth-order valence-electron chi connectivity index (χ4n) is 2.54. The largest absolute Gasteiger partial charge is 0.352 e. The normalized spacial score (nSPS) is 11.2. The van der Waals surface area contributed by atoms with Crippen molar-refractivity contribution in [3.05, 3.63) is 59.4 Å². The zero-order valence-corrected chi connectivity index (χ0v) is 16.2. The predicted molar refractivity (Wildman–Crippen MR) is 103 cm³/mol. The van der Waals surface area contributed by atoms with Gasteiger partial charge in [-0.3, -0.25) is 14.1 Å². The first kappa shape index (κ1) is 19.9. The molecule has 0 aliphatic rings. The SMILES string of the molecule is Cc1ccc(N(CCCC(=O)NCc2ccncc2)S(C)(=O)=O)cc1C. The van der Waals surface area contributed by atoms with Gasteiger partial charge in [-0.15, -0.1) is 0 Å². The van der Waals surface area contributed by atoms with E-state index in [1.165, 1.54) is 10.6 Å². The predicted octanol–water partition coefficient (Wildman–Crippen LogP) is 2.56. The molecule has 7 heteroatoms. The summed E-state index contributed by atoms with van der Waals surface area (Å²) in [5, 5.41) is 2.83. The minimum atomic E-state index is -3.41. The van der Waals surface area contributed by atoms with Gasteiger partial charge < -0.3 is 5.32 Å². The number of rotatable bonds is 8. The van der Waals surface area contributed by atoms with E-state index in [0.29, 0.717) is 18.7 Å². The lowest BCUT2D eigenvalue weighted by Gasteiger charge is -2.23. The van der Waals surface area contributed by atoms with E-state index in [2.05, 4.69) is 10.3 Å². The van der Waals surface area contributed by atoms with Crippen LogP contribution in [0.5, 0.6) is 0 Å². The Morgan fingerprint density at radius 1 is 1.12 bits per heavy atom. The molecular formula is C19H25N3O3S. The highest BCUT2D eigenvalue weighted by molar-refractivity contribution is 7.92. The molecule has 1 amide bonds. The quantitative estimate of drug-likeness (QED) is 0.769. The topological polar surface area (TPSA) is 79.4 Å². The molecular weight excluding hydrogens is 350 g/mol. The van der Waals surface area contributed by atoms with Crippen molar-refractivity contribution >= 4 is 21.6 Å². The number of nitrogens with one attached hydrogen (secondary N) is 1. The molecule has 1 aromatic heterocycles. The molecule has 0 spiro atoms. The van der Waals surface area contributed by atoms with E-state index < -0.39 is 10.0 Å². The highest BCUT2D eigenvalue weighted by atomic mass is 32.2. The number of benzene rings is 1. The molecule has 0 aliphatic heterocycles. The molecule has 0 radical (unpaired) electrons. The highest BCUT2D eigenvalue weighted by Gasteiger charge is 2.18. The van der Waals surface area contributed by atoms with Crippen LogP contribution >= 0.6 is 0 Å². The van der Waals surface area contributed by atoms with Crippen molar-refractivity contribution in [2.75, 3.05) is 17.1 Å². The Bertz CT molecular complexity index is 852. The molecule has 6 nitrogen and oxygen atoms in total. The fraction of sp³-hybridized carbons (Fsp3) is 0.368. The Morgan fingerprint density at radius 2 is 1.81 bits per heavy atom. The summed E-state index contributed by atoms with van der Waals surface area (Å²) in [4.78, 5) is 15.9. The Morgan fingerprint density at radius 3 is 2.42 bits per heavy atom.